The predicted octanol–water partition coefficient (Wildman–Crippen LogP) is 0.697. The van der Waals surface area contributed by atoms with Crippen LogP contribution in [-0.2, 0) is 12.1 Å². The lowest BCUT2D eigenvalue weighted by Crippen LogP contribution is -2.47. The van der Waals surface area contributed by atoms with Gasteiger partial charge in [0.15, 0.2) is 0 Å². The molecule has 2 aliphatic rings. The molecule has 30 heavy (non-hydrogen) atoms. The van der Waals surface area contributed by atoms with Gasteiger partial charge in [0, 0.05) is 31.2 Å². The fraction of sp³-hybridized carbons (Fsp3) is 0.500. The third-order valence-corrected chi connectivity index (χ3v) is 6.42. The summed E-state index contributed by atoms with van der Waals surface area (Å²) in [5.41, 5.74) is 13.9. The average Bonchev–Trinajstić information content (AvgIpc) is 3.49. The van der Waals surface area contributed by atoms with E-state index in [1.807, 2.05) is 31.3 Å². The summed E-state index contributed by atoms with van der Waals surface area (Å²) in [6, 6.07) is 7.89. The van der Waals surface area contributed by atoms with Crippen LogP contribution < -0.4 is 17.0 Å². The molecular formula is C22H30N6O2. The van der Waals surface area contributed by atoms with Gasteiger partial charge in [0.25, 0.3) is 5.56 Å². The summed E-state index contributed by atoms with van der Waals surface area (Å²) in [5, 5.41) is 10.9. The molecule has 1 aromatic heterocycles. The summed E-state index contributed by atoms with van der Waals surface area (Å²) in [7, 11) is 3.68. The minimum absolute atomic E-state index is 0.0381. The zero-order chi connectivity index (χ0) is 21.5. The fourth-order valence-corrected chi connectivity index (χ4v) is 4.07. The zero-order valence-electron chi connectivity index (χ0n) is 17.6. The van der Waals surface area contributed by atoms with Crippen molar-refractivity contribution in [3.63, 3.8) is 0 Å². The minimum Gasteiger partial charge on any atom is -0.392 e. The van der Waals surface area contributed by atoms with Gasteiger partial charge in [-0.05, 0) is 38.3 Å². The van der Waals surface area contributed by atoms with Gasteiger partial charge in [0.2, 0.25) is 0 Å². The maximum absolute atomic E-state index is 12.9. The van der Waals surface area contributed by atoms with Crippen molar-refractivity contribution in [2.75, 3.05) is 32.9 Å². The summed E-state index contributed by atoms with van der Waals surface area (Å²) in [5.74, 6) is 0. The van der Waals surface area contributed by atoms with E-state index >= 15 is 0 Å². The van der Waals surface area contributed by atoms with E-state index in [1.54, 1.807) is 7.05 Å². The number of benzene rings is 1. The van der Waals surface area contributed by atoms with Crippen molar-refractivity contribution in [2.24, 2.45) is 10.7 Å². The molecule has 0 atom stereocenters. The van der Waals surface area contributed by atoms with Gasteiger partial charge in [-0.25, -0.2) is 4.98 Å². The molecule has 0 bridgehead atoms. The number of nitrogen functional groups attached to an aromatic ring is 1. The standard InChI is InChI=1S/C22H30N6O2/c1-25-18(15-3-5-16(6-4-15)22(24)7-8-22)19-17(23)20(29)28(14-26-19)13-21(30)9-11-27(2)12-10-21/h3-6,14,30H,7-13,23-24H2,1-2H3. The highest BCUT2D eigenvalue weighted by atomic mass is 16.3. The zero-order valence-corrected chi connectivity index (χ0v) is 17.6. The van der Waals surface area contributed by atoms with Crippen LogP contribution in [0.2, 0.25) is 0 Å². The van der Waals surface area contributed by atoms with Crippen LogP contribution in [0.15, 0.2) is 40.4 Å². The average molecular weight is 411 g/mol. The second-order valence-corrected chi connectivity index (χ2v) is 8.77. The first-order chi connectivity index (χ1) is 14.2. The number of likely N-dealkylation sites (tertiary alicyclic amines) is 1. The number of aliphatic hydroxyl groups is 1. The lowest BCUT2D eigenvalue weighted by Gasteiger charge is -2.36. The van der Waals surface area contributed by atoms with E-state index in [0.29, 0.717) is 24.2 Å². The first-order valence-electron chi connectivity index (χ1n) is 10.4. The van der Waals surface area contributed by atoms with Gasteiger partial charge < -0.3 is 21.5 Å². The minimum atomic E-state index is -0.926. The van der Waals surface area contributed by atoms with Gasteiger partial charge >= 0.3 is 0 Å². The highest BCUT2D eigenvalue weighted by Gasteiger charge is 2.39. The van der Waals surface area contributed by atoms with Crippen molar-refractivity contribution >= 4 is 11.4 Å². The third kappa shape index (κ3) is 3.90. The fourth-order valence-electron chi connectivity index (χ4n) is 4.07. The number of aliphatic imine (C=N–C) groups is 1. The Balaban J connectivity index is 1.59. The van der Waals surface area contributed by atoms with Gasteiger partial charge in [-0.2, -0.15) is 0 Å². The van der Waals surface area contributed by atoms with Crippen molar-refractivity contribution in [3.8, 4) is 0 Å². The molecule has 1 aliphatic heterocycles. The quantitative estimate of drug-likeness (QED) is 0.624. The Labute approximate surface area is 176 Å². The Morgan fingerprint density at radius 1 is 1.20 bits per heavy atom. The highest BCUT2D eigenvalue weighted by Crippen LogP contribution is 2.42. The number of rotatable bonds is 5. The van der Waals surface area contributed by atoms with E-state index in [0.717, 1.165) is 37.1 Å². The van der Waals surface area contributed by atoms with Gasteiger partial charge in [-0.15, -0.1) is 0 Å². The molecule has 2 aromatic rings. The van der Waals surface area contributed by atoms with Crippen molar-refractivity contribution in [1.29, 1.82) is 0 Å². The summed E-state index contributed by atoms with van der Waals surface area (Å²) in [4.78, 5) is 23.9. The SMILES string of the molecule is CN=C(c1ccc(C2(N)CC2)cc1)c1ncn(CC2(O)CCN(C)CC2)c(=O)c1N. The molecule has 0 radical (unpaired) electrons. The van der Waals surface area contributed by atoms with E-state index in [-0.39, 0.29) is 23.3 Å². The topological polar surface area (TPSA) is 123 Å². The number of nitrogens with zero attached hydrogens (tertiary/aromatic N) is 4. The molecule has 4 rings (SSSR count). The maximum Gasteiger partial charge on any atom is 0.277 e. The largest absolute Gasteiger partial charge is 0.392 e. The number of hydrogen-bond donors (Lipinski definition) is 3. The predicted molar refractivity (Wildman–Crippen MR) is 118 cm³/mol. The van der Waals surface area contributed by atoms with Gasteiger partial charge in [-0.1, -0.05) is 24.3 Å². The van der Waals surface area contributed by atoms with Crippen LogP contribution in [0.5, 0.6) is 0 Å². The number of aromatic nitrogens is 2. The van der Waals surface area contributed by atoms with Crippen LogP contribution in [0.25, 0.3) is 0 Å². The molecule has 0 spiro atoms. The molecule has 0 amide bonds. The van der Waals surface area contributed by atoms with Gasteiger partial charge in [0.1, 0.15) is 11.4 Å². The highest BCUT2D eigenvalue weighted by molar-refractivity contribution is 6.14. The molecule has 1 saturated heterocycles. The number of anilines is 1. The van der Waals surface area contributed by atoms with Crippen LogP contribution in [-0.4, -0.2) is 58.1 Å². The Morgan fingerprint density at radius 3 is 2.40 bits per heavy atom. The monoisotopic (exact) mass is 410 g/mol. The molecule has 1 aliphatic carbocycles. The van der Waals surface area contributed by atoms with Crippen LogP contribution in [0, 0.1) is 0 Å². The molecule has 8 heteroatoms. The Kier molecular flexibility index (Phi) is 5.25. The summed E-state index contributed by atoms with van der Waals surface area (Å²) < 4.78 is 1.41. The molecule has 5 N–H and O–H groups in total. The van der Waals surface area contributed by atoms with Crippen molar-refractivity contribution in [1.82, 2.24) is 14.5 Å². The molecule has 1 aromatic carbocycles. The molecular weight excluding hydrogens is 380 g/mol. The second-order valence-electron chi connectivity index (χ2n) is 8.77. The van der Waals surface area contributed by atoms with E-state index in [2.05, 4.69) is 14.9 Å². The molecule has 0 unspecified atom stereocenters. The Hall–Kier alpha value is -2.55. The van der Waals surface area contributed by atoms with Crippen LogP contribution in [0.4, 0.5) is 5.69 Å². The molecule has 2 fully saturated rings. The van der Waals surface area contributed by atoms with E-state index in [1.165, 1.54) is 10.9 Å². The Bertz CT molecular complexity index is 1010. The summed E-state index contributed by atoms with van der Waals surface area (Å²) in [6.07, 6.45) is 4.66. The van der Waals surface area contributed by atoms with Crippen molar-refractivity contribution in [3.05, 3.63) is 57.8 Å². The van der Waals surface area contributed by atoms with Crippen LogP contribution in [0.1, 0.15) is 42.5 Å². The van der Waals surface area contributed by atoms with Crippen LogP contribution in [0.3, 0.4) is 0 Å². The second kappa shape index (κ2) is 7.61. The number of piperidine rings is 1. The van der Waals surface area contributed by atoms with Gasteiger partial charge in [0.05, 0.1) is 24.2 Å². The van der Waals surface area contributed by atoms with Crippen LogP contribution >= 0.6 is 0 Å². The van der Waals surface area contributed by atoms with E-state index < -0.39 is 5.60 Å². The third-order valence-electron chi connectivity index (χ3n) is 6.42. The molecule has 1 saturated carbocycles. The van der Waals surface area contributed by atoms with Crippen molar-refractivity contribution in [2.45, 2.75) is 43.4 Å². The lowest BCUT2D eigenvalue weighted by molar-refractivity contribution is -0.0299. The first-order valence-corrected chi connectivity index (χ1v) is 10.4. The van der Waals surface area contributed by atoms with Gasteiger partial charge in [-0.3, -0.25) is 14.4 Å². The molecule has 2 heterocycles. The Morgan fingerprint density at radius 2 is 1.83 bits per heavy atom. The number of hydrogen-bond acceptors (Lipinski definition) is 7. The smallest absolute Gasteiger partial charge is 0.277 e. The number of nitrogens with two attached hydrogens (primary N) is 2. The lowest BCUT2D eigenvalue weighted by atomic mass is 9.91. The van der Waals surface area contributed by atoms with E-state index in [4.69, 9.17) is 11.5 Å². The summed E-state index contributed by atoms with van der Waals surface area (Å²) >= 11 is 0. The molecule has 160 valence electrons. The molecule has 8 nitrogen and oxygen atoms in total. The normalized spacial score (nSPS) is 20.9. The maximum atomic E-state index is 12.9. The summed E-state index contributed by atoms with van der Waals surface area (Å²) in [6.45, 7) is 1.76. The van der Waals surface area contributed by atoms with Crippen molar-refractivity contribution < 1.29 is 5.11 Å². The first kappa shape index (κ1) is 20.7. The van der Waals surface area contributed by atoms with E-state index in [9.17, 15) is 9.90 Å².